The van der Waals surface area contributed by atoms with Gasteiger partial charge in [0.15, 0.2) is 11.4 Å². The Morgan fingerprint density at radius 2 is 2.03 bits per heavy atom. The van der Waals surface area contributed by atoms with Crippen molar-refractivity contribution in [2.45, 2.75) is 25.7 Å². The number of carbonyl (C=O) groups is 2. The zero-order valence-electron chi connectivity index (χ0n) is 17.0. The Morgan fingerprint density at radius 1 is 1.16 bits per heavy atom. The van der Waals surface area contributed by atoms with Gasteiger partial charge >= 0.3 is 0 Å². The lowest BCUT2D eigenvalue weighted by Gasteiger charge is -2.05. The lowest BCUT2D eigenvalue weighted by Crippen LogP contribution is -2.05. The van der Waals surface area contributed by atoms with Gasteiger partial charge in [-0.25, -0.2) is 9.50 Å². The summed E-state index contributed by atoms with van der Waals surface area (Å²) in [4.78, 5) is 29.7. The summed E-state index contributed by atoms with van der Waals surface area (Å²) >= 11 is 5.96. The summed E-state index contributed by atoms with van der Waals surface area (Å²) < 4.78 is 12.5. The van der Waals surface area contributed by atoms with Crippen molar-refractivity contribution in [2.75, 3.05) is 0 Å². The molecule has 0 aliphatic heterocycles. The molecule has 0 saturated carbocycles. The highest BCUT2D eigenvalue weighted by Gasteiger charge is 2.22. The van der Waals surface area contributed by atoms with Crippen LogP contribution in [0, 0.1) is 0 Å². The summed E-state index contributed by atoms with van der Waals surface area (Å²) in [6.07, 6.45) is 3.49. The van der Waals surface area contributed by atoms with Gasteiger partial charge in [0.1, 0.15) is 5.52 Å². The van der Waals surface area contributed by atoms with E-state index < -0.39 is 0 Å². The van der Waals surface area contributed by atoms with Gasteiger partial charge in [-0.05, 0) is 30.3 Å². The molecule has 0 aliphatic carbocycles. The highest BCUT2D eigenvalue weighted by molar-refractivity contribution is 6.31. The molecule has 9 heteroatoms. The number of halogens is 1. The van der Waals surface area contributed by atoms with Gasteiger partial charge < -0.3 is 8.94 Å². The van der Waals surface area contributed by atoms with Gasteiger partial charge in [-0.1, -0.05) is 29.7 Å². The molecule has 1 atom stereocenters. The van der Waals surface area contributed by atoms with Crippen LogP contribution < -0.4 is 0 Å². The van der Waals surface area contributed by atoms with E-state index in [-0.39, 0.29) is 42.0 Å². The van der Waals surface area contributed by atoms with Crippen LogP contribution in [-0.2, 0) is 6.42 Å². The van der Waals surface area contributed by atoms with Gasteiger partial charge in [0.2, 0.25) is 17.4 Å². The number of benzene rings is 1. The van der Waals surface area contributed by atoms with Crippen molar-refractivity contribution in [3.8, 4) is 0 Å². The Hall–Kier alpha value is -3.78. The minimum atomic E-state index is -0.317. The Labute approximate surface area is 186 Å². The normalized spacial score (nSPS) is 12.4. The predicted octanol–water partition coefficient (Wildman–Crippen LogP) is 4.92. The average molecular weight is 449 g/mol. The fraction of sp³-hybridized carbons (Fsp3) is 0.174. The van der Waals surface area contributed by atoms with Crippen LogP contribution in [0.25, 0.3) is 16.6 Å². The third kappa shape index (κ3) is 3.80. The van der Waals surface area contributed by atoms with E-state index in [0.717, 1.165) is 5.52 Å². The summed E-state index contributed by atoms with van der Waals surface area (Å²) in [6, 6.07) is 12.2. The second-order valence-electron chi connectivity index (χ2n) is 7.55. The summed E-state index contributed by atoms with van der Waals surface area (Å²) in [5, 5.41) is 8.73. The van der Waals surface area contributed by atoms with Crippen molar-refractivity contribution in [3.63, 3.8) is 0 Å². The Morgan fingerprint density at radius 3 is 2.91 bits per heavy atom. The number of rotatable bonds is 7. The highest BCUT2D eigenvalue weighted by atomic mass is 35.5. The maximum Gasteiger partial charge on any atom is 0.210 e. The van der Waals surface area contributed by atoms with Crippen LogP contribution in [0.3, 0.4) is 0 Å². The van der Waals surface area contributed by atoms with Crippen LogP contribution in [-0.4, -0.2) is 31.3 Å². The van der Waals surface area contributed by atoms with Crippen molar-refractivity contribution in [1.82, 2.24) is 19.8 Å². The van der Waals surface area contributed by atoms with Gasteiger partial charge in [0.05, 0.1) is 29.4 Å². The zero-order valence-corrected chi connectivity index (χ0v) is 17.7. The Balaban J connectivity index is 1.27. The number of nitrogens with zero attached hydrogens (tertiary/aromatic N) is 4. The van der Waals surface area contributed by atoms with Gasteiger partial charge in [-0.2, -0.15) is 5.10 Å². The molecule has 0 fully saturated rings. The summed E-state index contributed by atoms with van der Waals surface area (Å²) in [5.41, 5.74) is 2.96. The molecular formula is C23H17ClN4O4. The first-order chi connectivity index (χ1) is 15.5. The SMILES string of the molecule is C[C@@H](CC(=O)c1cnn2ccccc12)c1cc(C(=O)Cc2nc3cc(Cl)ccc3o2)on1. The first-order valence-electron chi connectivity index (χ1n) is 9.98. The number of hydrogen-bond donors (Lipinski definition) is 0. The number of pyridine rings is 1. The van der Waals surface area contributed by atoms with Gasteiger partial charge in [0.25, 0.3) is 0 Å². The molecule has 0 bridgehead atoms. The summed E-state index contributed by atoms with van der Waals surface area (Å²) in [5.74, 6) is -0.252. The molecule has 5 aromatic rings. The van der Waals surface area contributed by atoms with E-state index in [9.17, 15) is 9.59 Å². The van der Waals surface area contributed by atoms with Crippen molar-refractivity contribution in [1.29, 1.82) is 0 Å². The summed E-state index contributed by atoms with van der Waals surface area (Å²) in [6.45, 7) is 1.86. The minimum Gasteiger partial charge on any atom is -0.440 e. The molecule has 0 unspecified atom stereocenters. The monoisotopic (exact) mass is 448 g/mol. The second kappa shape index (κ2) is 8.05. The van der Waals surface area contributed by atoms with Crippen molar-refractivity contribution < 1.29 is 18.5 Å². The zero-order chi connectivity index (χ0) is 22.2. The average Bonchev–Trinajstić information content (AvgIpc) is 3.51. The van der Waals surface area contributed by atoms with E-state index in [2.05, 4.69) is 15.2 Å². The molecule has 0 radical (unpaired) electrons. The van der Waals surface area contributed by atoms with E-state index in [4.69, 9.17) is 20.5 Å². The third-order valence-corrected chi connectivity index (χ3v) is 5.47. The second-order valence-corrected chi connectivity index (χ2v) is 7.99. The van der Waals surface area contributed by atoms with E-state index in [1.54, 1.807) is 41.2 Å². The van der Waals surface area contributed by atoms with Gasteiger partial charge in [-0.3, -0.25) is 9.59 Å². The molecule has 4 heterocycles. The molecule has 0 spiro atoms. The number of Topliss-reactive ketones (excluding diaryl/α,β-unsaturated/α-hetero) is 2. The molecule has 1 aromatic carbocycles. The molecule has 0 N–H and O–H groups in total. The molecule has 0 amide bonds. The van der Waals surface area contributed by atoms with Gasteiger partial charge in [-0.15, -0.1) is 0 Å². The molecule has 160 valence electrons. The van der Waals surface area contributed by atoms with E-state index in [0.29, 0.717) is 27.4 Å². The maximum absolute atomic E-state index is 12.8. The number of oxazole rings is 1. The fourth-order valence-corrected chi connectivity index (χ4v) is 3.71. The molecule has 32 heavy (non-hydrogen) atoms. The minimum absolute atomic E-state index is 0.0558. The number of fused-ring (bicyclic) bond motifs is 2. The predicted molar refractivity (Wildman–Crippen MR) is 116 cm³/mol. The van der Waals surface area contributed by atoms with E-state index >= 15 is 0 Å². The van der Waals surface area contributed by atoms with Crippen molar-refractivity contribution in [3.05, 3.63) is 82.8 Å². The van der Waals surface area contributed by atoms with Crippen LogP contribution in [0.2, 0.25) is 5.02 Å². The van der Waals surface area contributed by atoms with Crippen molar-refractivity contribution >= 4 is 39.8 Å². The smallest absolute Gasteiger partial charge is 0.210 e. The lowest BCUT2D eigenvalue weighted by atomic mass is 9.97. The fourth-order valence-electron chi connectivity index (χ4n) is 3.54. The molecule has 0 saturated heterocycles. The standard InChI is InChI=1S/C23H17ClN4O4/c1-13(8-19(29)15-12-25-28-7-3-2-4-18(15)28)16-10-22(32-27-16)20(30)11-23-26-17-9-14(24)5-6-21(17)31-23/h2-7,9-10,12-13H,8,11H2,1H3/t13-/m0/s1. The Kier molecular flexibility index (Phi) is 5.07. The number of aromatic nitrogens is 4. The van der Waals surface area contributed by atoms with E-state index in [1.165, 1.54) is 0 Å². The van der Waals surface area contributed by atoms with Crippen LogP contribution in [0.1, 0.15) is 51.8 Å². The van der Waals surface area contributed by atoms with Crippen molar-refractivity contribution in [2.24, 2.45) is 0 Å². The quantitative estimate of drug-likeness (QED) is 0.325. The Bertz CT molecular complexity index is 1470. The third-order valence-electron chi connectivity index (χ3n) is 5.23. The molecule has 8 nitrogen and oxygen atoms in total. The molecular weight excluding hydrogens is 432 g/mol. The largest absolute Gasteiger partial charge is 0.440 e. The van der Waals surface area contributed by atoms with Gasteiger partial charge in [0, 0.05) is 29.6 Å². The van der Waals surface area contributed by atoms with Crippen LogP contribution in [0.5, 0.6) is 0 Å². The number of carbonyl (C=O) groups excluding carboxylic acids is 2. The topological polar surface area (TPSA) is 104 Å². The van der Waals surface area contributed by atoms with Crippen LogP contribution >= 0.6 is 11.6 Å². The first kappa shape index (κ1) is 20.1. The maximum atomic E-state index is 12.8. The number of ketones is 2. The molecule has 4 aromatic heterocycles. The molecule has 5 rings (SSSR count). The summed E-state index contributed by atoms with van der Waals surface area (Å²) in [7, 11) is 0. The number of hydrogen-bond acceptors (Lipinski definition) is 7. The lowest BCUT2D eigenvalue weighted by molar-refractivity contribution is 0.0946. The molecule has 0 aliphatic rings. The van der Waals surface area contributed by atoms with Crippen LogP contribution in [0.15, 0.2) is 63.8 Å². The van der Waals surface area contributed by atoms with Crippen LogP contribution in [0.4, 0.5) is 0 Å². The first-order valence-corrected chi connectivity index (χ1v) is 10.4. The highest BCUT2D eigenvalue weighted by Crippen LogP contribution is 2.24. The van der Waals surface area contributed by atoms with E-state index in [1.807, 2.05) is 25.1 Å².